The quantitative estimate of drug-likeness (QED) is 0.183. The van der Waals surface area contributed by atoms with Crippen molar-refractivity contribution in [2.45, 2.75) is 0 Å². The highest BCUT2D eigenvalue weighted by Crippen LogP contribution is 2.48. The minimum atomic E-state index is 0.832. The third-order valence-electron chi connectivity index (χ3n) is 10.4. The van der Waals surface area contributed by atoms with E-state index in [1.807, 2.05) is 24.3 Å². The van der Waals surface area contributed by atoms with Gasteiger partial charge >= 0.3 is 0 Å². The normalized spacial score (nSPS) is 11.8. The van der Waals surface area contributed by atoms with Crippen LogP contribution in [-0.4, -0.2) is 4.57 Å². The molecule has 0 amide bonds. The number of benzene rings is 8. The number of aromatic nitrogens is 1. The number of fused-ring (bicyclic) bond motifs is 9. The summed E-state index contributed by atoms with van der Waals surface area (Å²) in [7, 11) is 0. The smallest absolute Gasteiger partial charge is 0.159 e. The van der Waals surface area contributed by atoms with E-state index >= 15 is 0 Å². The number of anilines is 3. The van der Waals surface area contributed by atoms with Crippen LogP contribution in [0.5, 0.6) is 0 Å². The fourth-order valence-corrected chi connectivity index (χ4v) is 8.13. The van der Waals surface area contributed by atoms with Gasteiger partial charge in [-0.1, -0.05) is 121 Å². The van der Waals surface area contributed by atoms with Crippen LogP contribution in [0.1, 0.15) is 0 Å². The highest BCUT2D eigenvalue weighted by Gasteiger charge is 2.25. The predicted molar refractivity (Wildman–Crippen MR) is 215 cm³/mol. The monoisotopic (exact) mass is 666 g/mol. The Morgan fingerprint density at radius 3 is 1.77 bits per heavy atom. The van der Waals surface area contributed by atoms with Crippen LogP contribution in [0.4, 0.5) is 17.1 Å². The second kappa shape index (κ2) is 11.2. The first kappa shape index (κ1) is 28.8. The van der Waals surface area contributed by atoms with E-state index in [2.05, 4.69) is 167 Å². The molecule has 11 aromatic rings. The number of para-hydroxylation sites is 5. The molecule has 11 rings (SSSR count). The second-order valence-corrected chi connectivity index (χ2v) is 13.3. The van der Waals surface area contributed by atoms with E-state index in [1.54, 1.807) is 0 Å². The zero-order valence-corrected chi connectivity index (χ0v) is 28.0. The van der Waals surface area contributed by atoms with E-state index in [1.165, 1.54) is 21.8 Å². The molecule has 0 unspecified atom stereocenters. The number of hydrogen-bond donors (Lipinski definition) is 0. The van der Waals surface area contributed by atoms with Crippen molar-refractivity contribution in [3.8, 4) is 16.8 Å². The molecule has 4 heteroatoms. The summed E-state index contributed by atoms with van der Waals surface area (Å²) in [6, 6.07) is 64.1. The maximum absolute atomic E-state index is 6.76. The maximum Gasteiger partial charge on any atom is 0.159 e. The Morgan fingerprint density at radius 1 is 0.404 bits per heavy atom. The summed E-state index contributed by atoms with van der Waals surface area (Å²) in [6.07, 6.45) is 0. The van der Waals surface area contributed by atoms with Crippen molar-refractivity contribution >= 4 is 82.7 Å². The van der Waals surface area contributed by atoms with Crippen LogP contribution in [0.3, 0.4) is 0 Å². The van der Waals surface area contributed by atoms with Crippen LogP contribution < -0.4 is 4.90 Å². The highest BCUT2D eigenvalue weighted by atomic mass is 16.3. The molecular weight excluding hydrogens is 637 g/mol. The summed E-state index contributed by atoms with van der Waals surface area (Å²) in [6.45, 7) is 0. The van der Waals surface area contributed by atoms with Crippen molar-refractivity contribution in [3.63, 3.8) is 0 Å². The number of nitrogens with zero attached hydrogens (tertiary/aromatic N) is 2. The molecule has 0 fully saturated rings. The van der Waals surface area contributed by atoms with E-state index in [9.17, 15) is 0 Å². The first-order valence-corrected chi connectivity index (χ1v) is 17.6. The number of hydrogen-bond acceptors (Lipinski definition) is 3. The van der Waals surface area contributed by atoms with Gasteiger partial charge in [0, 0.05) is 43.9 Å². The van der Waals surface area contributed by atoms with Gasteiger partial charge in [0.05, 0.1) is 27.8 Å². The van der Waals surface area contributed by atoms with Crippen molar-refractivity contribution in [1.82, 2.24) is 4.57 Å². The molecule has 0 bridgehead atoms. The van der Waals surface area contributed by atoms with Crippen LogP contribution >= 0.6 is 0 Å². The average molecular weight is 667 g/mol. The molecule has 8 aromatic carbocycles. The van der Waals surface area contributed by atoms with Gasteiger partial charge in [0.1, 0.15) is 16.7 Å². The van der Waals surface area contributed by atoms with Crippen LogP contribution in [-0.2, 0) is 0 Å². The molecule has 244 valence electrons. The first-order valence-electron chi connectivity index (χ1n) is 17.6. The standard InChI is InChI=1S/C48H30N2O2/c1-2-14-31(15-3-1)34-28-29-42(46-39-21-7-11-27-45(39)52-48(34)46)50(43-25-13-22-38-37-20-6-10-26-44(37)51-47(38)43)33-17-12-16-32(30-33)49-40-23-8-4-18-35(40)36-19-5-9-24-41(36)49/h1-30H. The molecule has 52 heavy (non-hydrogen) atoms. The molecular formula is C48H30N2O2. The summed E-state index contributed by atoms with van der Waals surface area (Å²) < 4.78 is 15.9. The molecule has 4 nitrogen and oxygen atoms in total. The Kier molecular flexibility index (Phi) is 6.22. The van der Waals surface area contributed by atoms with E-state index in [4.69, 9.17) is 8.83 Å². The van der Waals surface area contributed by atoms with Crippen molar-refractivity contribution in [1.29, 1.82) is 0 Å². The Balaban J connectivity index is 1.24. The SMILES string of the molecule is c1ccc(-c2ccc(N(c3cccc(-n4c5ccccc5c5ccccc54)c3)c3cccc4c3oc3ccccc34)c3c2oc2ccccc23)cc1. The summed E-state index contributed by atoms with van der Waals surface area (Å²) >= 11 is 0. The third-order valence-corrected chi connectivity index (χ3v) is 10.4. The van der Waals surface area contributed by atoms with Gasteiger partial charge in [-0.05, 0) is 66.2 Å². The highest BCUT2D eigenvalue weighted by molar-refractivity contribution is 6.19. The molecule has 0 saturated heterocycles. The van der Waals surface area contributed by atoms with Crippen molar-refractivity contribution in [3.05, 3.63) is 182 Å². The molecule has 0 aliphatic carbocycles. The van der Waals surface area contributed by atoms with E-state index in [-0.39, 0.29) is 0 Å². The van der Waals surface area contributed by atoms with Gasteiger partial charge < -0.3 is 18.3 Å². The predicted octanol–water partition coefficient (Wildman–Crippen LogP) is 13.7. The van der Waals surface area contributed by atoms with Gasteiger partial charge in [0.25, 0.3) is 0 Å². The van der Waals surface area contributed by atoms with Crippen LogP contribution in [0.15, 0.2) is 191 Å². The van der Waals surface area contributed by atoms with Gasteiger partial charge in [0.15, 0.2) is 5.58 Å². The fraction of sp³-hybridized carbons (Fsp3) is 0. The van der Waals surface area contributed by atoms with E-state index in [0.717, 1.165) is 77.8 Å². The summed E-state index contributed by atoms with van der Waals surface area (Å²) in [5, 5.41) is 6.74. The molecule has 0 radical (unpaired) electrons. The lowest BCUT2D eigenvalue weighted by Gasteiger charge is -2.27. The Hall–Kier alpha value is -7.04. The number of furan rings is 2. The van der Waals surface area contributed by atoms with Crippen LogP contribution in [0.25, 0.3) is 82.5 Å². The molecule has 3 aromatic heterocycles. The Bertz CT molecular complexity index is 3090. The largest absolute Gasteiger partial charge is 0.455 e. The zero-order chi connectivity index (χ0) is 34.2. The Labute approximate surface area is 299 Å². The molecule has 0 atom stereocenters. The third kappa shape index (κ3) is 4.21. The minimum Gasteiger partial charge on any atom is -0.455 e. The van der Waals surface area contributed by atoms with Gasteiger partial charge in [-0.15, -0.1) is 0 Å². The summed E-state index contributed by atoms with van der Waals surface area (Å²) in [5.41, 5.74) is 11.9. The maximum atomic E-state index is 6.76. The van der Waals surface area contributed by atoms with Crippen LogP contribution in [0.2, 0.25) is 0 Å². The molecule has 3 heterocycles. The Morgan fingerprint density at radius 2 is 1.00 bits per heavy atom. The van der Waals surface area contributed by atoms with E-state index < -0.39 is 0 Å². The summed E-state index contributed by atoms with van der Waals surface area (Å²) in [4.78, 5) is 2.35. The minimum absolute atomic E-state index is 0.832. The molecule has 0 aliphatic rings. The van der Waals surface area contributed by atoms with E-state index in [0.29, 0.717) is 0 Å². The fourth-order valence-electron chi connectivity index (χ4n) is 8.13. The lowest BCUT2D eigenvalue weighted by molar-refractivity contribution is 0.668. The second-order valence-electron chi connectivity index (χ2n) is 13.3. The van der Waals surface area contributed by atoms with Crippen LogP contribution in [0, 0.1) is 0 Å². The molecule has 0 aliphatic heterocycles. The van der Waals surface area contributed by atoms with Gasteiger partial charge in [-0.3, -0.25) is 0 Å². The number of rotatable bonds is 5. The lowest BCUT2D eigenvalue weighted by atomic mass is 9.99. The van der Waals surface area contributed by atoms with Crippen molar-refractivity contribution < 1.29 is 8.83 Å². The summed E-state index contributed by atoms with van der Waals surface area (Å²) in [5.74, 6) is 0. The van der Waals surface area contributed by atoms with Gasteiger partial charge in [-0.25, -0.2) is 0 Å². The molecule has 0 saturated carbocycles. The van der Waals surface area contributed by atoms with Crippen molar-refractivity contribution in [2.24, 2.45) is 0 Å². The first-order chi connectivity index (χ1) is 25.8. The lowest BCUT2D eigenvalue weighted by Crippen LogP contribution is -2.11. The molecule has 0 N–H and O–H groups in total. The zero-order valence-electron chi connectivity index (χ0n) is 28.0. The van der Waals surface area contributed by atoms with Gasteiger partial charge in [-0.2, -0.15) is 0 Å². The van der Waals surface area contributed by atoms with Gasteiger partial charge in [0.2, 0.25) is 0 Å². The average Bonchev–Trinajstić information content (AvgIpc) is 3.89. The molecule has 0 spiro atoms. The topological polar surface area (TPSA) is 34.5 Å². The van der Waals surface area contributed by atoms with Crippen molar-refractivity contribution in [2.75, 3.05) is 4.90 Å².